The average molecular weight is 356 g/mol. The molecule has 2 heterocycles. The quantitative estimate of drug-likeness (QED) is 0.818. The van der Waals surface area contributed by atoms with E-state index in [1.807, 2.05) is 0 Å². The van der Waals surface area contributed by atoms with Crippen LogP contribution in [0.2, 0.25) is 0 Å². The molecule has 1 aliphatic heterocycles. The first-order chi connectivity index (χ1) is 12.5. The fraction of sp³-hybridized carbons (Fsp3) is 0.333. The van der Waals surface area contributed by atoms with Crippen LogP contribution in [-0.4, -0.2) is 49.9 Å². The second-order valence-corrected chi connectivity index (χ2v) is 6.17. The van der Waals surface area contributed by atoms with E-state index in [1.54, 1.807) is 47.6 Å². The van der Waals surface area contributed by atoms with E-state index < -0.39 is 12.0 Å². The zero-order chi connectivity index (χ0) is 18.5. The molecule has 2 N–H and O–H groups in total. The number of carbonyl (C=O) groups excluding carboxylic acids is 2. The SMILES string of the molecule is O=C(CCn1ccnc1)Nc1cccc(C(=O)N2CCC[C@H]2C(=O)O)c1. The zero-order valence-corrected chi connectivity index (χ0v) is 14.2. The van der Waals surface area contributed by atoms with Gasteiger partial charge in [-0.1, -0.05) is 6.07 Å². The Balaban J connectivity index is 1.63. The number of anilines is 1. The third kappa shape index (κ3) is 4.08. The van der Waals surface area contributed by atoms with Gasteiger partial charge in [0.1, 0.15) is 6.04 Å². The highest BCUT2D eigenvalue weighted by Crippen LogP contribution is 2.21. The normalized spacial score (nSPS) is 16.5. The van der Waals surface area contributed by atoms with Crippen molar-refractivity contribution in [3.05, 3.63) is 48.5 Å². The van der Waals surface area contributed by atoms with Gasteiger partial charge < -0.3 is 19.9 Å². The maximum absolute atomic E-state index is 12.6. The highest BCUT2D eigenvalue weighted by Gasteiger charge is 2.34. The number of amides is 2. The predicted octanol–water partition coefficient (Wildman–Crippen LogP) is 1.60. The molecule has 0 saturated carbocycles. The van der Waals surface area contributed by atoms with Crippen molar-refractivity contribution in [2.75, 3.05) is 11.9 Å². The Labute approximate surface area is 150 Å². The monoisotopic (exact) mass is 356 g/mol. The maximum Gasteiger partial charge on any atom is 0.326 e. The van der Waals surface area contributed by atoms with Crippen LogP contribution < -0.4 is 5.32 Å². The largest absolute Gasteiger partial charge is 0.480 e. The number of aromatic nitrogens is 2. The van der Waals surface area contributed by atoms with Gasteiger partial charge in [0.2, 0.25) is 5.91 Å². The summed E-state index contributed by atoms with van der Waals surface area (Å²) in [4.78, 5) is 41.3. The fourth-order valence-electron chi connectivity index (χ4n) is 3.04. The van der Waals surface area contributed by atoms with E-state index in [1.165, 1.54) is 4.90 Å². The van der Waals surface area contributed by atoms with Crippen molar-refractivity contribution in [3.8, 4) is 0 Å². The summed E-state index contributed by atoms with van der Waals surface area (Å²) in [5.74, 6) is -1.49. The molecule has 2 amide bonds. The van der Waals surface area contributed by atoms with E-state index in [0.717, 1.165) is 0 Å². The summed E-state index contributed by atoms with van der Waals surface area (Å²) in [5.41, 5.74) is 0.878. The van der Waals surface area contributed by atoms with Crippen LogP contribution in [0.3, 0.4) is 0 Å². The van der Waals surface area contributed by atoms with Gasteiger partial charge in [0.25, 0.3) is 5.91 Å². The molecule has 0 radical (unpaired) electrons. The summed E-state index contributed by atoms with van der Waals surface area (Å²) >= 11 is 0. The average Bonchev–Trinajstić information content (AvgIpc) is 3.31. The van der Waals surface area contributed by atoms with Gasteiger partial charge in [0, 0.05) is 43.2 Å². The smallest absolute Gasteiger partial charge is 0.326 e. The van der Waals surface area contributed by atoms with E-state index in [2.05, 4.69) is 10.3 Å². The number of rotatable bonds is 6. The number of nitrogens with one attached hydrogen (secondary N) is 1. The minimum absolute atomic E-state index is 0.173. The summed E-state index contributed by atoms with van der Waals surface area (Å²) in [7, 11) is 0. The molecule has 1 aromatic heterocycles. The molecule has 2 aromatic rings. The molecule has 8 heteroatoms. The number of benzene rings is 1. The summed E-state index contributed by atoms with van der Waals surface area (Å²) in [6, 6.07) is 5.79. The van der Waals surface area contributed by atoms with Crippen LogP contribution in [0, 0.1) is 0 Å². The third-order valence-electron chi connectivity index (χ3n) is 4.35. The molecule has 136 valence electrons. The molecule has 1 fully saturated rings. The zero-order valence-electron chi connectivity index (χ0n) is 14.2. The number of imidazole rings is 1. The topological polar surface area (TPSA) is 105 Å². The molecule has 0 bridgehead atoms. The first kappa shape index (κ1) is 17.7. The first-order valence-electron chi connectivity index (χ1n) is 8.44. The van der Waals surface area contributed by atoms with Crippen molar-refractivity contribution in [3.63, 3.8) is 0 Å². The Morgan fingerprint density at radius 2 is 2.15 bits per heavy atom. The van der Waals surface area contributed by atoms with Crippen LogP contribution in [-0.2, 0) is 16.1 Å². The number of hydrogen-bond acceptors (Lipinski definition) is 4. The fourth-order valence-corrected chi connectivity index (χ4v) is 3.04. The van der Waals surface area contributed by atoms with Gasteiger partial charge in [-0.3, -0.25) is 9.59 Å². The van der Waals surface area contributed by atoms with Crippen molar-refractivity contribution in [2.24, 2.45) is 0 Å². The molecule has 1 saturated heterocycles. The van der Waals surface area contributed by atoms with Crippen LogP contribution in [0.4, 0.5) is 5.69 Å². The van der Waals surface area contributed by atoms with Crippen LogP contribution in [0.1, 0.15) is 29.6 Å². The Hall–Kier alpha value is -3.16. The van der Waals surface area contributed by atoms with Gasteiger partial charge in [0.05, 0.1) is 6.33 Å². The molecule has 1 aromatic carbocycles. The number of aryl methyl sites for hydroxylation is 1. The Kier molecular flexibility index (Phi) is 5.31. The number of nitrogens with zero attached hydrogens (tertiary/aromatic N) is 3. The van der Waals surface area contributed by atoms with E-state index in [0.29, 0.717) is 37.2 Å². The van der Waals surface area contributed by atoms with Crippen LogP contribution >= 0.6 is 0 Å². The minimum Gasteiger partial charge on any atom is -0.480 e. The van der Waals surface area contributed by atoms with Gasteiger partial charge in [-0.25, -0.2) is 9.78 Å². The van der Waals surface area contributed by atoms with E-state index in [9.17, 15) is 19.5 Å². The second kappa shape index (κ2) is 7.81. The summed E-state index contributed by atoms with van der Waals surface area (Å²) in [5, 5.41) is 12.0. The Morgan fingerprint density at radius 1 is 1.31 bits per heavy atom. The maximum atomic E-state index is 12.6. The van der Waals surface area contributed by atoms with Crippen molar-refractivity contribution in [1.29, 1.82) is 0 Å². The van der Waals surface area contributed by atoms with Gasteiger partial charge in [-0.2, -0.15) is 0 Å². The van der Waals surface area contributed by atoms with Gasteiger partial charge in [-0.05, 0) is 31.0 Å². The van der Waals surface area contributed by atoms with E-state index in [-0.39, 0.29) is 18.2 Å². The minimum atomic E-state index is -0.986. The molecule has 1 aliphatic rings. The van der Waals surface area contributed by atoms with Crippen molar-refractivity contribution < 1.29 is 19.5 Å². The molecule has 26 heavy (non-hydrogen) atoms. The molecule has 3 rings (SSSR count). The van der Waals surface area contributed by atoms with E-state index >= 15 is 0 Å². The number of aliphatic carboxylic acids is 1. The van der Waals surface area contributed by atoms with Crippen molar-refractivity contribution in [2.45, 2.75) is 31.8 Å². The molecular weight excluding hydrogens is 336 g/mol. The predicted molar refractivity (Wildman–Crippen MR) is 93.6 cm³/mol. The second-order valence-electron chi connectivity index (χ2n) is 6.17. The standard InChI is InChI=1S/C18H20N4O4/c23-16(6-9-21-10-7-19-12-21)20-14-4-1-3-13(11-14)17(24)22-8-2-5-15(22)18(25)26/h1,3-4,7,10-12,15H,2,5-6,8-9H2,(H,20,23)(H,25,26)/t15-/m0/s1. The van der Waals surface area contributed by atoms with Gasteiger partial charge in [-0.15, -0.1) is 0 Å². The van der Waals surface area contributed by atoms with Gasteiger partial charge in [0.15, 0.2) is 0 Å². The Morgan fingerprint density at radius 3 is 2.88 bits per heavy atom. The van der Waals surface area contributed by atoms with Gasteiger partial charge >= 0.3 is 5.97 Å². The lowest BCUT2D eigenvalue weighted by Crippen LogP contribution is -2.40. The van der Waals surface area contributed by atoms with Crippen molar-refractivity contribution in [1.82, 2.24) is 14.5 Å². The summed E-state index contributed by atoms with van der Waals surface area (Å²) < 4.78 is 1.80. The Bertz CT molecular complexity index is 803. The van der Waals surface area contributed by atoms with Crippen LogP contribution in [0.15, 0.2) is 43.0 Å². The molecule has 1 atom stereocenters. The lowest BCUT2D eigenvalue weighted by atomic mass is 10.1. The molecule has 8 nitrogen and oxygen atoms in total. The molecule has 0 aliphatic carbocycles. The van der Waals surface area contributed by atoms with Crippen molar-refractivity contribution >= 4 is 23.5 Å². The highest BCUT2D eigenvalue weighted by atomic mass is 16.4. The number of hydrogen-bond donors (Lipinski definition) is 2. The summed E-state index contributed by atoms with van der Waals surface area (Å²) in [6.07, 6.45) is 6.49. The van der Waals surface area contributed by atoms with Crippen LogP contribution in [0.5, 0.6) is 0 Å². The first-order valence-corrected chi connectivity index (χ1v) is 8.44. The van der Waals surface area contributed by atoms with Crippen LogP contribution in [0.25, 0.3) is 0 Å². The molecular formula is C18H20N4O4. The number of carbonyl (C=O) groups is 3. The van der Waals surface area contributed by atoms with E-state index in [4.69, 9.17) is 0 Å². The lowest BCUT2D eigenvalue weighted by molar-refractivity contribution is -0.141. The molecule has 0 unspecified atom stereocenters. The number of carboxylic acid groups (broad SMARTS) is 1. The lowest BCUT2D eigenvalue weighted by Gasteiger charge is -2.21. The highest BCUT2D eigenvalue weighted by molar-refractivity contribution is 5.99. The third-order valence-corrected chi connectivity index (χ3v) is 4.35. The summed E-state index contributed by atoms with van der Waals surface area (Å²) in [6.45, 7) is 0.940. The number of likely N-dealkylation sites (tertiary alicyclic amines) is 1. The molecule has 0 spiro atoms. The number of carboxylic acids is 1.